The van der Waals surface area contributed by atoms with Gasteiger partial charge in [0.05, 0.1) is 0 Å². The van der Waals surface area contributed by atoms with E-state index in [4.69, 9.17) is 0 Å². The Hall–Kier alpha value is -1.60. The third kappa shape index (κ3) is 3.59. The van der Waals surface area contributed by atoms with Crippen LogP contribution >= 0.6 is 0 Å². The van der Waals surface area contributed by atoms with Gasteiger partial charge in [-0.05, 0) is 80.3 Å². The van der Waals surface area contributed by atoms with Crippen LogP contribution in [0.5, 0.6) is 0 Å². The van der Waals surface area contributed by atoms with Gasteiger partial charge in [-0.25, -0.2) is 0 Å². The Morgan fingerprint density at radius 1 is 0.955 bits per heavy atom. The Kier molecular flexibility index (Phi) is 5.29. The van der Waals surface area contributed by atoms with Gasteiger partial charge >= 0.3 is 0 Å². The predicted molar refractivity (Wildman–Crippen MR) is 94.5 cm³/mol. The summed E-state index contributed by atoms with van der Waals surface area (Å²) in [5.41, 5.74) is 6.35. The molecule has 1 aliphatic rings. The molecule has 0 aromatic heterocycles. The van der Waals surface area contributed by atoms with Gasteiger partial charge in [-0.1, -0.05) is 48.5 Å². The largest absolute Gasteiger partial charge is 0.320 e. The number of benzene rings is 2. The lowest BCUT2D eigenvalue weighted by Gasteiger charge is -2.18. The fourth-order valence-corrected chi connectivity index (χ4v) is 3.78. The van der Waals surface area contributed by atoms with E-state index in [1.165, 1.54) is 44.1 Å². The van der Waals surface area contributed by atoms with Crippen LogP contribution in [0.2, 0.25) is 0 Å². The van der Waals surface area contributed by atoms with Crippen LogP contribution in [0, 0.1) is 0 Å². The highest BCUT2D eigenvalue weighted by Crippen LogP contribution is 2.29. The van der Waals surface area contributed by atoms with Crippen LogP contribution in [0.25, 0.3) is 0 Å². The van der Waals surface area contributed by atoms with Gasteiger partial charge in [-0.15, -0.1) is 0 Å². The molecule has 2 aromatic rings. The van der Waals surface area contributed by atoms with Gasteiger partial charge < -0.3 is 5.32 Å². The first-order valence-corrected chi connectivity index (χ1v) is 8.67. The highest BCUT2D eigenvalue weighted by molar-refractivity contribution is 5.38. The van der Waals surface area contributed by atoms with Crippen molar-refractivity contribution in [2.24, 2.45) is 0 Å². The molecular weight excluding hydrogens is 266 g/mol. The van der Waals surface area contributed by atoms with Crippen molar-refractivity contribution in [1.82, 2.24) is 5.32 Å². The molecule has 0 amide bonds. The summed E-state index contributed by atoms with van der Waals surface area (Å²) in [6.45, 7) is 1.09. The van der Waals surface area contributed by atoms with E-state index in [-0.39, 0.29) is 0 Å². The Bertz CT molecular complexity index is 588. The third-order valence-corrected chi connectivity index (χ3v) is 5.02. The van der Waals surface area contributed by atoms with Gasteiger partial charge in [-0.3, -0.25) is 0 Å². The Morgan fingerprint density at radius 2 is 1.82 bits per heavy atom. The minimum atomic E-state index is 0.658. The molecule has 22 heavy (non-hydrogen) atoms. The van der Waals surface area contributed by atoms with E-state index >= 15 is 0 Å². The van der Waals surface area contributed by atoms with E-state index in [1.807, 2.05) is 7.05 Å². The summed E-state index contributed by atoms with van der Waals surface area (Å²) >= 11 is 0. The highest BCUT2D eigenvalue weighted by atomic mass is 14.8. The van der Waals surface area contributed by atoms with Crippen molar-refractivity contribution >= 4 is 0 Å². The van der Waals surface area contributed by atoms with Crippen LogP contribution in [0.15, 0.2) is 48.5 Å². The number of hydrogen-bond acceptors (Lipinski definition) is 1. The summed E-state index contributed by atoms with van der Waals surface area (Å²) in [5, 5.41) is 3.31. The average molecular weight is 293 g/mol. The lowest BCUT2D eigenvalue weighted by molar-refractivity contribution is 0.557. The molecule has 0 aliphatic heterocycles. The van der Waals surface area contributed by atoms with Gasteiger partial charge in [-0.2, -0.15) is 0 Å². The molecule has 1 atom stereocenters. The Labute approximate surface area is 134 Å². The smallest absolute Gasteiger partial charge is 0.00461 e. The topological polar surface area (TPSA) is 12.0 Å². The van der Waals surface area contributed by atoms with Gasteiger partial charge in [0.15, 0.2) is 0 Å². The molecule has 0 saturated carbocycles. The standard InChI is InChI=1S/C21H27N/c1-22-16-15-18(17-7-3-2-4-8-17)13-14-20-10-5-9-19-11-6-12-21(19)20/h2-5,7-10,18,22H,6,11-16H2,1H3/t18-/m0/s1. The molecule has 0 radical (unpaired) electrons. The second-order valence-electron chi connectivity index (χ2n) is 6.45. The molecule has 3 rings (SSSR count). The van der Waals surface area contributed by atoms with Crippen LogP contribution in [0.3, 0.4) is 0 Å². The fraction of sp³-hybridized carbons (Fsp3) is 0.429. The number of hydrogen-bond donors (Lipinski definition) is 1. The van der Waals surface area contributed by atoms with Gasteiger partial charge in [0.2, 0.25) is 0 Å². The molecule has 0 bridgehead atoms. The molecule has 0 unspecified atom stereocenters. The van der Waals surface area contributed by atoms with Crippen LogP contribution in [-0.2, 0) is 19.3 Å². The molecule has 116 valence electrons. The van der Waals surface area contributed by atoms with Crippen LogP contribution in [-0.4, -0.2) is 13.6 Å². The van der Waals surface area contributed by atoms with Crippen molar-refractivity contribution in [3.8, 4) is 0 Å². The third-order valence-electron chi connectivity index (χ3n) is 5.02. The first kappa shape index (κ1) is 15.3. The number of aryl methyl sites for hydroxylation is 2. The summed E-state index contributed by atoms with van der Waals surface area (Å²) in [5.74, 6) is 0.658. The maximum absolute atomic E-state index is 3.31. The second-order valence-corrected chi connectivity index (χ2v) is 6.45. The van der Waals surface area contributed by atoms with E-state index in [1.54, 1.807) is 16.7 Å². The lowest BCUT2D eigenvalue weighted by atomic mass is 9.88. The van der Waals surface area contributed by atoms with E-state index < -0.39 is 0 Å². The van der Waals surface area contributed by atoms with Crippen molar-refractivity contribution in [3.63, 3.8) is 0 Å². The number of fused-ring (bicyclic) bond motifs is 1. The first-order valence-electron chi connectivity index (χ1n) is 8.67. The normalized spacial score (nSPS) is 14.8. The molecule has 1 nitrogen and oxygen atoms in total. The molecule has 0 heterocycles. The fourth-order valence-electron chi connectivity index (χ4n) is 3.78. The summed E-state index contributed by atoms with van der Waals surface area (Å²) in [6, 6.07) is 18.0. The molecule has 0 spiro atoms. The van der Waals surface area contributed by atoms with E-state index in [2.05, 4.69) is 53.8 Å². The van der Waals surface area contributed by atoms with Crippen molar-refractivity contribution in [3.05, 3.63) is 70.8 Å². The Morgan fingerprint density at radius 3 is 2.64 bits per heavy atom. The summed E-state index contributed by atoms with van der Waals surface area (Å²) in [6.07, 6.45) is 7.60. The molecule has 0 saturated heterocycles. The predicted octanol–water partition coefficient (Wildman–Crippen LogP) is 4.50. The van der Waals surface area contributed by atoms with Crippen molar-refractivity contribution in [2.45, 2.75) is 44.4 Å². The van der Waals surface area contributed by atoms with Gasteiger partial charge in [0.25, 0.3) is 0 Å². The van der Waals surface area contributed by atoms with Crippen LogP contribution in [0.1, 0.15) is 47.4 Å². The minimum absolute atomic E-state index is 0.658. The highest BCUT2D eigenvalue weighted by Gasteiger charge is 2.16. The molecule has 0 fully saturated rings. The quantitative estimate of drug-likeness (QED) is 0.792. The second kappa shape index (κ2) is 7.60. The average Bonchev–Trinajstić information content (AvgIpc) is 3.05. The van der Waals surface area contributed by atoms with Crippen molar-refractivity contribution in [1.29, 1.82) is 0 Å². The van der Waals surface area contributed by atoms with Crippen molar-refractivity contribution in [2.75, 3.05) is 13.6 Å². The molecule has 2 aromatic carbocycles. The van der Waals surface area contributed by atoms with Crippen LogP contribution in [0.4, 0.5) is 0 Å². The minimum Gasteiger partial charge on any atom is -0.320 e. The van der Waals surface area contributed by atoms with Gasteiger partial charge in [0, 0.05) is 0 Å². The SMILES string of the molecule is CNCC[C@H](CCc1cccc2c1CCC2)c1ccccc1. The molecule has 1 N–H and O–H groups in total. The number of rotatable bonds is 7. The molecular formula is C21H27N. The zero-order chi connectivity index (χ0) is 15.2. The zero-order valence-corrected chi connectivity index (χ0v) is 13.6. The summed E-state index contributed by atoms with van der Waals surface area (Å²) in [7, 11) is 2.05. The van der Waals surface area contributed by atoms with Crippen molar-refractivity contribution < 1.29 is 0 Å². The summed E-state index contributed by atoms with van der Waals surface area (Å²) in [4.78, 5) is 0. The lowest BCUT2D eigenvalue weighted by Crippen LogP contribution is -2.13. The first-order chi connectivity index (χ1) is 10.9. The van der Waals surface area contributed by atoms with E-state index in [0.29, 0.717) is 5.92 Å². The number of nitrogens with one attached hydrogen (secondary N) is 1. The van der Waals surface area contributed by atoms with E-state index in [0.717, 1.165) is 6.54 Å². The summed E-state index contributed by atoms with van der Waals surface area (Å²) < 4.78 is 0. The van der Waals surface area contributed by atoms with E-state index in [9.17, 15) is 0 Å². The molecule has 1 heteroatoms. The monoisotopic (exact) mass is 293 g/mol. The Balaban J connectivity index is 1.70. The van der Waals surface area contributed by atoms with Gasteiger partial charge in [0.1, 0.15) is 0 Å². The van der Waals surface area contributed by atoms with Crippen LogP contribution < -0.4 is 5.32 Å². The molecule has 1 aliphatic carbocycles. The zero-order valence-electron chi connectivity index (χ0n) is 13.6. The maximum Gasteiger partial charge on any atom is -0.00461 e. The maximum atomic E-state index is 3.31.